The maximum Gasteiger partial charge on any atom is 0.220 e. The van der Waals surface area contributed by atoms with Gasteiger partial charge in [-0.1, -0.05) is 24.3 Å². The molecule has 0 aromatic heterocycles. The summed E-state index contributed by atoms with van der Waals surface area (Å²) in [6.07, 6.45) is 0.898. The van der Waals surface area contributed by atoms with E-state index < -0.39 is 10.0 Å². The average molecular weight is 463 g/mol. The molecule has 32 heavy (non-hydrogen) atoms. The Kier molecular flexibility index (Phi) is 8.90. The van der Waals surface area contributed by atoms with Crippen LogP contribution in [0.4, 0.5) is 0 Å². The SMILES string of the molecule is COc1ccc(OCCCC(=O)NCc2ccccc2CS(=O)(=O)N2CCOCC2)cc1. The maximum atomic E-state index is 12.7. The lowest BCUT2D eigenvalue weighted by atomic mass is 10.1. The number of morpholine rings is 1. The predicted octanol–water partition coefficient (Wildman–Crippen LogP) is 2.33. The van der Waals surface area contributed by atoms with E-state index in [9.17, 15) is 13.2 Å². The van der Waals surface area contributed by atoms with Gasteiger partial charge in [-0.3, -0.25) is 4.79 Å². The van der Waals surface area contributed by atoms with Crippen LogP contribution in [0.5, 0.6) is 11.5 Å². The Morgan fingerprint density at radius 2 is 1.69 bits per heavy atom. The van der Waals surface area contributed by atoms with Crippen LogP contribution < -0.4 is 14.8 Å². The van der Waals surface area contributed by atoms with Gasteiger partial charge in [-0.05, 0) is 41.8 Å². The molecule has 0 bridgehead atoms. The van der Waals surface area contributed by atoms with Gasteiger partial charge in [-0.25, -0.2) is 8.42 Å². The third-order valence-corrected chi connectivity index (χ3v) is 7.00. The van der Waals surface area contributed by atoms with Crippen LogP contribution in [0.15, 0.2) is 48.5 Å². The second-order valence-electron chi connectivity index (χ2n) is 7.44. The van der Waals surface area contributed by atoms with Crippen molar-refractivity contribution in [3.05, 3.63) is 59.7 Å². The second-order valence-corrected chi connectivity index (χ2v) is 9.41. The summed E-state index contributed by atoms with van der Waals surface area (Å²) < 4.78 is 42.9. The van der Waals surface area contributed by atoms with Gasteiger partial charge in [0.05, 0.1) is 32.7 Å². The maximum absolute atomic E-state index is 12.7. The van der Waals surface area contributed by atoms with Gasteiger partial charge in [0.1, 0.15) is 11.5 Å². The number of nitrogens with one attached hydrogen (secondary N) is 1. The fourth-order valence-corrected chi connectivity index (χ4v) is 4.92. The molecule has 1 fully saturated rings. The standard InChI is InChI=1S/C23H30N2O6S/c1-29-21-8-10-22(11-9-21)31-14-4-7-23(26)24-17-19-5-2-3-6-20(19)18-32(27,28)25-12-15-30-16-13-25/h2-3,5-6,8-11H,4,7,12-18H2,1H3,(H,24,26). The Morgan fingerprint density at radius 1 is 1.03 bits per heavy atom. The summed E-state index contributed by atoms with van der Waals surface area (Å²) in [4.78, 5) is 12.2. The normalized spacial score (nSPS) is 14.7. The molecule has 0 spiro atoms. The van der Waals surface area contributed by atoms with Crippen molar-refractivity contribution < 1.29 is 27.4 Å². The Hall–Kier alpha value is -2.62. The third-order valence-electron chi connectivity index (χ3n) is 5.17. The fourth-order valence-electron chi connectivity index (χ4n) is 3.36. The molecule has 174 valence electrons. The van der Waals surface area contributed by atoms with Crippen molar-refractivity contribution in [1.29, 1.82) is 0 Å². The summed E-state index contributed by atoms with van der Waals surface area (Å²) >= 11 is 0. The predicted molar refractivity (Wildman–Crippen MR) is 121 cm³/mol. The molecule has 0 aliphatic carbocycles. The average Bonchev–Trinajstić information content (AvgIpc) is 2.82. The number of sulfonamides is 1. The van der Waals surface area contributed by atoms with Crippen molar-refractivity contribution in [1.82, 2.24) is 9.62 Å². The molecule has 0 unspecified atom stereocenters. The van der Waals surface area contributed by atoms with Crippen LogP contribution in [0.3, 0.4) is 0 Å². The van der Waals surface area contributed by atoms with Crippen LogP contribution in [0.25, 0.3) is 0 Å². The van der Waals surface area contributed by atoms with E-state index in [2.05, 4.69) is 5.32 Å². The smallest absolute Gasteiger partial charge is 0.220 e. The van der Waals surface area contributed by atoms with Crippen LogP contribution in [0.2, 0.25) is 0 Å². The lowest BCUT2D eigenvalue weighted by Gasteiger charge is -2.26. The number of amides is 1. The molecule has 2 aromatic carbocycles. The van der Waals surface area contributed by atoms with Crippen molar-refractivity contribution in [3.8, 4) is 11.5 Å². The molecule has 0 radical (unpaired) electrons. The highest BCUT2D eigenvalue weighted by atomic mass is 32.2. The lowest BCUT2D eigenvalue weighted by molar-refractivity contribution is -0.121. The number of benzene rings is 2. The monoisotopic (exact) mass is 462 g/mol. The molecule has 3 rings (SSSR count). The van der Waals surface area contributed by atoms with Crippen LogP contribution in [0, 0.1) is 0 Å². The number of hydrogen-bond donors (Lipinski definition) is 1. The molecular formula is C23H30N2O6S. The van der Waals surface area contributed by atoms with Crippen LogP contribution in [-0.2, 0) is 31.9 Å². The molecule has 9 heteroatoms. The van der Waals surface area contributed by atoms with Crippen LogP contribution >= 0.6 is 0 Å². The van der Waals surface area contributed by atoms with E-state index in [1.165, 1.54) is 4.31 Å². The van der Waals surface area contributed by atoms with E-state index in [0.29, 0.717) is 51.3 Å². The highest BCUT2D eigenvalue weighted by molar-refractivity contribution is 7.88. The summed E-state index contributed by atoms with van der Waals surface area (Å²) in [7, 11) is -1.82. The lowest BCUT2D eigenvalue weighted by Crippen LogP contribution is -2.41. The van der Waals surface area contributed by atoms with E-state index in [0.717, 1.165) is 17.1 Å². The second kappa shape index (κ2) is 11.8. The Morgan fingerprint density at radius 3 is 2.38 bits per heavy atom. The molecule has 1 N–H and O–H groups in total. The van der Waals surface area contributed by atoms with Crippen molar-refractivity contribution >= 4 is 15.9 Å². The summed E-state index contributed by atoms with van der Waals surface area (Å²) in [6, 6.07) is 14.6. The number of hydrogen-bond acceptors (Lipinski definition) is 6. The van der Waals surface area contributed by atoms with Gasteiger partial charge >= 0.3 is 0 Å². The zero-order chi connectivity index (χ0) is 22.8. The number of nitrogens with zero attached hydrogens (tertiary/aromatic N) is 1. The summed E-state index contributed by atoms with van der Waals surface area (Å²) in [5.74, 6) is 1.29. The van der Waals surface area contributed by atoms with Gasteiger partial charge in [0.25, 0.3) is 0 Å². The number of methoxy groups -OCH3 is 1. The van der Waals surface area contributed by atoms with E-state index in [1.54, 1.807) is 13.2 Å². The quantitative estimate of drug-likeness (QED) is 0.515. The first-order valence-corrected chi connectivity index (χ1v) is 12.2. The van der Waals surface area contributed by atoms with E-state index >= 15 is 0 Å². The first kappa shape index (κ1) is 24.0. The fraction of sp³-hybridized carbons (Fsp3) is 0.435. The zero-order valence-electron chi connectivity index (χ0n) is 18.3. The summed E-state index contributed by atoms with van der Waals surface area (Å²) in [6.45, 7) is 2.29. The highest BCUT2D eigenvalue weighted by Gasteiger charge is 2.25. The minimum absolute atomic E-state index is 0.0885. The number of rotatable bonds is 11. The van der Waals surface area contributed by atoms with Gasteiger partial charge in [0, 0.05) is 26.1 Å². The highest BCUT2D eigenvalue weighted by Crippen LogP contribution is 2.18. The number of carbonyl (C=O) groups excluding carboxylic acids is 1. The van der Waals surface area contributed by atoms with E-state index in [-0.39, 0.29) is 18.2 Å². The molecule has 1 saturated heterocycles. The molecule has 0 saturated carbocycles. The Balaban J connectivity index is 1.44. The largest absolute Gasteiger partial charge is 0.497 e. The van der Waals surface area contributed by atoms with Crippen molar-refractivity contribution in [2.75, 3.05) is 40.0 Å². The van der Waals surface area contributed by atoms with E-state index in [1.807, 2.05) is 42.5 Å². The first-order valence-electron chi connectivity index (χ1n) is 10.6. The van der Waals surface area contributed by atoms with Gasteiger partial charge in [-0.15, -0.1) is 0 Å². The molecule has 1 amide bonds. The van der Waals surface area contributed by atoms with Crippen molar-refractivity contribution in [3.63, 3.8) is 0 Å². The Bertz CT molecular complexity index is 972. The van der Waals surface area contributed by atoms with Crippen LogP contribution in [-0.4, -0.2) is 58.7 Å². The van der Waals surface area contributed by atoms with Crippen molar-refractivity contribution in [2.45, 2.75) is 25.1 Å². The zero-order valence-corrected chi connectivity index (χ0v) is 19.1. The molecule has 1 aliphatic rings. The third kappa shape index (κ3) is 7.22. The number of carbonyl (C=O) groups is 1. The van der Waals surface area contributed by atoms with Crippen molar-refractivity contribution in [2.24, 2.45) is 0 Å². The van der Waals surface area contributed by atoms with E-state index in [4.69, 9.17) is 14.2 Å². The van der Waals surface area contributed by atoms with Crippen LogP contribution in [0.1, 0.15) is 24.0 Å². The number of ether oxygens (including phenoxy) is 3. The van der Waals surface area contributed by atoms with Gasteiger partial charge in [-0.2, -0.15) is 4.31 Å². The molecule has 1 aliphatic heterocycles. The molecule has 2 aromatic rings. The Labute approximate surface area is 189 Å². The summed E-state index contributed by atoms with van der Waals surface area (Å²) in [5, 5.41) is 2.88. The molecular weight excluding hydrogens is 432 g/mol. The topological polar surface area (TPSA) is 94.2 Å². The van der Waals surface area contributed by atoms with Gasteiger partial charge < -0.3 is 19.5 Å². The molecule has 0 atom stereocenters. The van der Waals surface area contributed by atoms with Gasteiger partial charge in [0.15, 0.2) is 0 Å². The minimum atomic E-state index is -3.43. The summed E-state index contributed by atoms with van der Waals surface area (Å²) in [5.41, 5.74) is 1.49. The van der Waals surface area contributed by atoms with Gasteiger partial charge in [0.2, 0.25) is 15.9 Å². The first-order chi connectivity index (χ1) is 15.5. The molecule has 1 heterocycles. The minimum Gasteiger partial charge on any atom is -0.497 e. The molecule has 8 nitrogen and oxygen atoms in total.